The second-order valence-corrected chi connectivity index (χ2v) is 7.84. The van der Waals surface area contributed by atoms with E-state index in [-0.39, 0.29) is 10.9 Å². The zero-order chi connectivity index (χ0) is 14.1. The lowest BCUT2D eigenvalue weighted by Gasteiger charge is -2.34. The number of sulfonamides is 1. The molecule has 1 aromatic heterocycles. The molecule has 2 rings (SSSR count). The van der Waals surface area contributed by atoms with Gasteiger partial charge in [-0.1, -0.05) is 13.8 Å². The molecule has 1 aliphatic rings. The van der Waals surface area contributed by atoms with Gasteiger partial charge in [-0.2, -0.15) is 0 Å². The van der Waals surface area contributed by atoms with E-state index in [1.165, 1.54) is 6.20 Å². The fourth-order valence-electron chi connectivity index (χ4n) is 2.50. The average Bonchev–Trinajstić information content (AvgIpc) is 2.81. The highest BCUT2D eigenvalue weighted by atomic mass is 32.2. The van der Waals surface area contributed by atoms with E-state index in [0.29, 0.717) is 12.0 Å². The van der Waals surface area contributed by atoms with Gasteiger partial charge in [0, 0.05) is 24.5 Å². The standard InChI is InChI=1S/C13H23N3O2S/c1-13(2)5-3-10(4-6-13)16-19(17,18)12-7-11(8-14)15-9-12/h7,9-10,15-16H,3-6,8,14H2,1-2H3. The Balaban J connectivity index is 2.02. The van der Waals surface area contributed by atoms with Crippen LogP contribution in [-0.4, -0.2) is 19.4 Å². The van der Waals surface area contributed by atoms with Crippen LogP contribution in [0.3, 0.4) is 0 Å². The molecule has 0 aliphatic heterocycles. The molecular weight excluding hydrogens is 262 g/mol. The van der Waals surface area contributed by atoms with Crippen molar-refractivity contribution < 1.29 is 8.42 Å². The largest absolute Gasteiger partial charge is 0.363 e. The Morgan fingerprint density at radius 3 is 2.58 bits per heavy atom. The molecule has 0 radical (unpaired) electrons. The van der Waals surface area contributed by atoms with Crippen LogP contribution in [0.5, 0.6) is 0 Å². The number of H-pyrrole nitrogens is 1. The van der Waals surface area contributed by atoms with Gasteiger partial charge in [0.25, 0.3) is 0 Å². The van der Waals surface area contributed by atoms with E-state index in [1.54, 1.807) is 6.07 Å². The maximum atomic E-state index is 12.2. The van der Waals surface area contributed by atoms with Crippen molar-refractivity contribution in [2.75, 3.05) is 0 Å². The molecule has 1 aliphatic carbocycles. The highest BCUT2D eigenvalue weighted by Crippen LogP contribution is 2.35. The van der Waals surface area contributed by atoms with Gasteiger partial charge in [0.15, 0.2) is 0 Å². The summed E-state index contributed by atoms with van der Waals surface area (Å²) < 4.78 is 27.2. The molecule has 5 nitrogen and oxygen atoms in total. The third-order valence-corrected chi connectivity index (χ3v) is 5.41. The Bertz CT molecular complexity index is 524. The average molecular weight is 285 g/mol. The van der Waals surface area contributed by atoms with Crippen molar-refractivity contribution in [2.24, 2.45) is 11.1 Å². The monoisotopic (exact) mass is 285 g/mol. The van der Waals surface area contributed by atoms with Crippen LogP contribution >= 0.6 is 0 Å². The molecule has 1 aromatic rings. The molecule has 0 bridgehead atoms. The van der Waals surface area contributed by atoms with Gasteiger partial charge in [0.1, 0.15) is 0 Å². The van der Waals surface area contributed by atoms with Gasteiger partial charge in [-0.3, -0.25) is 0 Å². The Kier molecular flexibility index (Phi) is 4.03. The van der Waals surface area contributed by atoms with Crippen LogP contribution < -0.4 is 10.5 Å². The molecule has 0 amide bonds. The first-order chi connectivity index (χ1) is 8.82. The van der Waals surface area contributed by atoms with E-state index in [2.05, 4.69) is 23.6 Å². The molecule has 0 aromatic carbocycles. The molecule has 0 spiro atoms. The van der Waals surface area contributed by atoms with Crippen molar-refractivity contribution >= 4 is 10.0 Å². The van der Waals surface area contributed by atoms with E-state index >= 15 is 0 Å². The second-order valence-electron chi connectivity index (χ2n) is 6.12. The summed E-state index contributed by atoms with van der Waals surface area (Å²) in [4.78, 5) is 3.14. The summed E-state index contributed by atoms with van der Waals surface area (Å²) in [6.07, 6.45) is 5.42. The first-order valence-corrected chi connectivity index (χ1v) is 8.20. The van der Waals surface area contributed by atoms with Crippen LogP contribution in [0.25, 0.3) is 0 Å². The maximum Gasteiger partial charge on any atom is 0.242 e. The molecule has 6 heteroatoms. The quantitative estimate of drug-likeness (QED) is 0.787. The molecular formula is C13H23N3O2S. The zero-order valence-corrected chi connectivity index (χ0v) is 12.4. The van der Waals surface area contributed by atoms with Crippen LogP contribution in [-0.2, 0) is 16.6 Å². The fraction of sp³-hybridized carbons (Fsp3) is 0.692. The molecule has 19 heavy (non-hydrogen) atoms. The van der Waals surface area contributed by atoms with Crippen molar-refractivity contribution in [2.45, 2.75) is 57.0 Å². The summed E-state index contributed by atoms with van der Waals surface area (Å²) in [5.41, 5.74) is 6.54. The van der Waals surface area contributed by atoms with Gasteiger partial charge in [-0.25, -0.2) is 13.1 Å². The minimum absolute atomic E-state index is 0.0502. The summed E-state index contributed by atoms with van der Waals surface area (Å²) in [6, 6.07) is 1.64. The summed E-state index contributed by atoms with van der Waals surface area (Å²) in [5, 5.41) is 0. The third-order valence-electron chi connectivity index (χ3n) is 3.91. The number of nitrogens with one attached hydrogen (secondary N) is 2. The molecule has 108 valence electrons. The van der Waals surface area contributed by atoms with Crippen molar-refractivity contribution in [3.8, 4) is 0 Å². The van der Waals surface area contributed by atoms with Gasteiger partial charge >= 0.3 is 0 Å². The Morgan fingerprint density at radius 1 is 1.42 bits per heavy atom. The van der Waals surface area contributed by atoms with E-state index in [4.69, 9.17) is 5.73 Å². The lowest BCUT2D eigenvalue weighted by molar-refractivity contribution is 0.218. The summed E-state index contributed by atoms with van der Waals surface area (Å²) in [5.74, 6) is 0. The highest BCUT2D eigenvalue weighted by Gasteiger charge is 2.29. The smallest absolute Gasteiger partial charge is 0.242 e. The Hall–Kier alpha value is -0.850. The fourth-order valence-corrected chi connectivity index (χ4v) is 3.82. The third kappa shape index (κ3) is 3.58. The number of aromatic nitrogens is 1. The van der Waals surface area contributed by atoms with Crippen LogP contribution in [0.1, 0.15) is 45.2 Å². The Labute approximate surface area is 115 Å². The maximum absolute atomic E-state index is 12.2. The number of hydrogen-bond donors (Lipinski definition) is 3. The van der Waals surface area contributed by atoms with Crippen molar-refractivity contribution in [3.05, 3.63) is 18.0 Å². The number of rotatable bonds is 4. The number of nitrogens with two attached hydrogens (primary N) is 1. The topological polar surface area (TPSA) is 88.0 Å². The van der Waals surface area contributed by atoms with Crippen LogP contribution in [0, 0.1) is 5.41 Å². The van der Waals surface area contributed by atoms with E-state index in [0.717, 1.165) is 31.4 Å². The molecule has 1 saturated carbocycles. The predicted molar refractivity (Wildman–Crippen MR) is 75.0 cm³/mol. The van der Waals surface area contributed by atoms with E-state index < -0.39 is 10.0 Å². The van der Waals surface area contributed by atoms with Gasteiger partial charge in [0.05, 0.1) is 4.90 Å². The van der Waals surface area contributed by atoms with Gasteiger partial charge in [0.2, 0.25) is 10.0 Å². The summed E-state index contributed by atoms with van der Waals surface area (Å²) in [7, 11) is -3.42. The normalized spacial score (nSPS) is 20.6. The Morgan fingerprint density at radius 2 is 2.05 bits per heavy atom. The molecule has 4 N–H and O–H groups in total. The van der Waals surface area contributed by atoms with Crippen molar-refractivity contribution in [3.63, 3.8) is 0 Å². The summed E-state index contributed by atoms with van der Waals surface area (Å²) in [6.45, 7) is 4.78. The van der Waals surface area contributed by atoms with Gasteiger partial charge in [-0.15, -0.1) is 0 Å². The van der Waals surface area contributed by atoms with E-state index in [9.17, 15) is 8.42 Å². The zero-order valence-electron chi connectivity index (χ0n) is 11.6. The van der Waals surface area contributed by atoms with Gasteiger partial charge in [-0.05, 0) is 37.2 Å². The predicted octanol–water partition coefficient (Wildman–Crippen LogP) is 1.72. The van der Waals surface area contributed by atoms with Crippen molar-refractivity contribution in [1.82, 2.24) is 9.71 Å². The SMILES string of the molecule is CC1(C)CCC(NS(=O)(=O)c2c[nH]c(CN)c2)CC1. The minimum Gasteiger partial charge on any atom is -0.363 e. The first-order valence-electron chi connectivity index (χ1n) is 6.72. The number of hydrogen-bond acceptors (Lipinski definition) is 3. The molecule has 0 saturated heterocycles. The molecule has 0 unspecified atom stereocenters. The lowest BCUT2D eigenvalue weighted by Crippen LogP contribution is -2.39. The molecule has 0 atom stereocenters. The van der Waals surface area contributed by atoms with Crippen LogP contribution in [0.15, 0.2) is 17.2 Å². The minimum atomic E-state index is -3.42. The van der Waals surface area contributed by atoms with Crippen molar-refractivity contribution in [1.29, 1.82) is 0 Å². The molecule has 1 fully saturated rings. The number of aromatic amines is 1. The van der Waals surface area contributed by atoms with E-state index in [1.807, 2.05) is 0 Å². The van der Waals surface area contributed by atoms with Gasteiger partial charge < -0.3 is 10.7 Å². The second kappa shape index (κ2) is 5.26. The lowest BCUT2D eigenvalue weighted by atomic mass is 9.76. The summed E-state index contributed by atoms with van der Waals surface area (Å²) >= 11 is 0. The van der Waals surface area contributed by atoms with Crippen LogP contribution in [0.4, 0.5) is 0 Å². The highest BCUT2D eigenvalue weighted by molar-refractivity contribution is 7.89. The first kappa shape index (κ1) is 14.6. The van der Waals surface area contributed by atoms with Crippen LogP contribution in [0.2, 0.25) is 0 Å². The molecule has 1 heterocycles.